The first kappa shape index (κ1) is 22.8. The second kappa shape index (κ2) is 9.62. The molecule has 7 heteroatoms. The molecule has 3 aromatic carbocycles. The molecule has 0 aliphatic rings. The molecular formula is C27H26N4O3. The van der Waals surface area contributed by atoms with E-state index in [0.717, 1.165) is 22.3 Å². The van der Waals surface area contributed by atoms with E-state index in [1.807, 2.05) is 80.6 Å². The zero-order chi connectivity index (χ0) is 24.2. The molecule has 0 bridgehead atoms. The Morgan fingerprint density at radius 2 is 1.44 bits per heavy atom. The van der Waals surface area contributed by atoms with Crippen LogP contribution >= 0.6 is 0 Å². The molecule has 0 aliphatic carbocycles. The first-order valence-corrected chi connectivity index (χ1v) is 10.9. The van der Waals surface area contributed by atoms with E-state index in [1.165, 1.54) is 9.47 Å². The van der Waals surface area contributed by atoms with Crippen LogP contribution in [0.1, 0.15) is 32.6 Å². The van der Waals surface area contributed by atoms with Crippen molar-refractivity contribution in [3.63, 3.8) is 0 Å². The van der Waals surface area contributed by atoms with Crippen molar-refractivity contribution in [3.8, 4) is 0 Å². The van der Waals surface area contributed by atoms with Crippen molar-refractivity contribution < 1.29 is 4.79 Å². The normalized spacial score (nSPS) is 10.8. The third kappa shape index (κ3) is 4.83. The minimum Gasteiger partial charge on any atom is -0.383 e. The van der Waals surface area contributed by atoms with Gasteiger partial charge in [-0.25, -0.2) is 4.79 Å². The number of carbonyl (C=O) groups is 1. The van der Waals surface area contributed by atoms with Crippen molar-refractivity contribution in [2.45, 2.75) is 26.9 Å². The van der Waals surface area contributed by atoms with Gasteiger partial charge < -0.3 is 5.73 Å². The van der Waals surface area contributed by atoms with Crippen LogP contribution in [0.15, 0.2) is 88.5 Å². The highest BCUT2D eigenvalue weighted by atomic mass is 16.2. The predicted octanol–water partition coefficient (Wildman–Crippen LogP) is 3.63. The number of aromatic nitrogens is 2. The number of amides is 1. The lowest BCUT2D eigenvalue weighted by Gasteiger charge is -2.25. The second-order valence-corrected chi connectivity index (χ2v) is 8.32. The van der Waals surface area contributed by atoms with Crippen LogP contribution in [0.4, 0.5) is 11.5 Å². The first-order chi connectivity index (χ1) is 16.3. The maximum absolute atomic E-state index is 13.7. The molecule has 4 rings (SSSR count). The quantitative estimate of drug-likeness (QED) is 0.465. The van der Waals surface area contributed by atoms with Gasteiger partial charge in [0, 0.05) is 5.56 Å². The summed E-state index contributed by atoms with van der Waals surface area (Å²) < 4.78 is 1.28. The van der Waals surface area contributed by atoms with Gasteiger partial charge in [0.2, 0.25) is 0 Å². The number of rotatable bonds is 6. The number of nitrogens with two attached hydrogens (primary N) is 1. The van der Waals surface area contributed by atoms with Crippen LogP contribution in [0.5, 0.6) is 0 Å². The molecule has 0 saturated heterocycles. The van der Waals surface area contributed by atoms with Gasteiger partial charge in [0.15, 0.2) is 5.69 Å². The number of nitrogens with zero attached hydrogens (tertiary/aromatic N) is 2. The van der Waals surface area contributed by atoms with E-state index in [1.54, 1.807) is 12.1 Å². The van der Waals surface area contributed by atoms with E-state index in [2.05, 4.69) is 4.98 Å². The van der Waals surface area contributed by atoms with Gasteiger partial charge in [-0.05, 0) is 37.1 Å². The summed E-state index contributed by atoms with van der Waals surface area (Å²) in [6, 6.07) is 24.2. The molecule has 7 nitrogen and oxygen atoms in total. The van der Waals surface area contributed by atoms with E-state index >= 15 is 0 Å². The van der Waals surface area contributed by atoms with Crippen LogP contribution in [0.25, 0.3) is 0 Å². The van der Waals surface area contributed by atoms with Gasteiger partial charge in [0.1, 0.15) is 5.82 Å². The summed E-state index contributed by atoms with van der Waals surface area (Å²) in [5, 5.41) is 0. The Morgan fingerprint density at radius 3 is 2.03 bits per heavy atom. The molecule has 34 heavy (non-hydrogen) atoms. The fraction of sp³-hybridized carbons (Fsp3) is 0.148. The van der Waals surface area contributed by atoms with Gasteiger partial charge in [-0.1, -0.05) is 77.9 Å². The summed E-state index contributed by atoms with van der Waals surface area (Å²) >= 11 is 0. The third-order valence-electron chi connectivity index (χ3n) is 5.56. The van der Waals surface area contributed by atoms with Crippen molar-refractivity contribution in [2.24, 2.45) is 0 Å². The average Bonchev–Trinajstić information content (AvgIpc) is 2.81. The van der Waals surface area contributed by atoms with Crippen LogP contribution in [0.3, 0.4) is 0 Å². The molecule has 0 spiro atoms. The topological polar surface area (TPSA) is 101 Å². The molecule has 172 valence electrons. The van der Waals surface area contributed by atoms with Crippen molar-refractivity contribution in [1.29, 1.82) is 0 Å². The summed E-state index contributed by atoms with van der Waals surface area (Å²) in [6.45, 7) is 4.09. The van der Waals surface area contributed by atoms with Gasteiger partial charge in [-0.2, -0.15) is 0 Å². The monoisotopic (exact) mass is 454 g/mol. The molecule has 4 aromatic rings. The zero-order valence-corrected chi connectivity index (χ0v) is 19.1. The lowest BCUT2D eigenvalue weighted by atomic mass is 10.1. The molecule has 1 heterocycles. The van der Waals surface area contributed by atoms with Crippen LogP contribution in [-0.2, 0) is 13.1 Å². The standard InChI is InChI=1S/C27H26N4O3/c1-18-13-19(2)15-22(14-18)26(33)30(16-20-9-5-3-6-10-20)23-24(28)31(27(34)29-25(23)32)17-21-11-7-4-8-12-21/h3-15H,16-17,28H2,1-2H3,(H,29,32,34). The summed E-state index contributed by atoms with van der Waals surface area (Å²) in [5.74, 6) is -0.441. The number of nitrogen functional groups attached to an aromatic ring is 1. The number of H-pyrrole nitrogens is 1. The van der Waals surface area contributed by atoms with Gasteiger partial charge in [0.25, 0.3) is 11.5 Å². The number of carbonyl (C=O) groups excluding carboxylic acids is 1. The van der Waals surface area contributed by atoms with Gasteiger partial charge >= 0.3 is 5.69 Å². The Balaban J connectivity index is 1.87. The Kier molecular flexibility index (Phi) is 6.45. The Morgan fingerprint density at radius 1 is 0.882 bits per heavy atom. The van der Waals surface area contributed by atoms with Crippen molar-refractivity contribution in [1.82, 2.24) is 9.55 Å². The molecule has 3 N–H and O–H groups in total. The van der Waals surface area contributed by atoms with E-state index in [-0.39, 0.29) is 30.5 Å². The van der Waals surface area contributed by atoms with Crippen LogP contribution in [0, 0.1) is 13.8 Å². The maximum atomic E-state index is 13.7. The summed E-state index contributed by atoms with van der Waals surface area (Å²) in [4.78, 5) is 43.1. The minimum atomic E-state index is -0.708. The Labute approximate surface area is 197 Å². The van der Waals surface area contributed by atoms with E-state index < -0.39 is 11.2 Å². The summed E-state index contributed by atoms with van der Waals surface area (Å²) in [7, 11) is 0. The number of hydrogen-bond acceptors (Lipinski definition) is 4. The molecule has 0 saturated carbocycles. The fourth-order valence-electron chi connectivity index (χ4n) is 4.03. The molecule has 0 unspecified atom stereocenters. The number of aromatic amines is 1. The number of benzene rings is 3. The molecular weight excluding hydrogens is 428 g/mol. The van der Waals surface area contributed by atoms with E-state index in [9.17, 15) is 14.4 Å². The number of aryl methyl sites for hydroxylation is 2. The third-order valence-corrected chi connectivity index (χ3v) is 5.56. The van der Waals surface area contributed by atoms with Crippen LogP contribution < -0.4 is 21.9 Å². The largest absolute Gasteiger partial charge is 0.383 e. The van der Waals surface area contributed by atoms with Crippen molar-refractivity contribution in [3.05, 3.63) is 128 Å². The summed E-state index contributed by atoms with van der Waals surface area (Å²) in [5.41, 5.74) is 8.98. The number of hydrogen-bond donors (Lipinski definition) is 2. The summed E-state index contributed by atoms with van der Waals surface area (Å²) in [6.07, 6.45) is 0. The lowest BCUT2D eigenvalue weighted by molar-refractivity contribution is 0.0984. The Bertz CT molecular complexity index is 1420. The van der Waals surface area contributed by atoms with E-state index in [0.29, 0.717) is 5.56 Å². The number of anilines is 2. The predicted molar refractivity (Wildman–Crippen MR) is 134 cm³/mol. The maximum Gasteiger partial charge on any atom is 0.330 e. The lowest BCUT2D eigenvalue weighted by Crippen LogP contribution is -2.41. The van der Waals surface area contributed by atoms with Gasteiger partial charge in [-0.3, -0.25) is 24.0 Å². The first-order valence-electron chi connectivity index (χ1n) is 10.9. The molecule has 1 amide bonds. The van der Waals surface area contributed by atoms with Crippen molar-refractivity contribution >= 4 is 17.4 Å². The Hall–Kier alpha value is -4.39. The fourth-order valence-corrected chi connectivity index (χ4v) is 4.03. The van der Waals surface area contributed by atoms with Crippen molar-refractivity contribution in [2.75, 3.05) is 10.6 Å². The molecule has 0 aliphatic heterocycles. The number of nitrogens with one attached hydrogen (secondary N) is 1. The molecule has 0 radical (unpaired) electrons. The second-order valence-electron chi connectivity index (χ2n) is 8.32. The van der Waals surface area contributed by atoms with Gasteiger partial charge in [-0.15, -0.1) is 0 Å². The highest BCUT2D eigenvalue weighted by Gasteiger charge is 2.26. The zero-order valence-electron chi connectivity index (χ0n) is 19.1. The molecule has 0 fully saturated rings. The molecule has 1 aromatic heterocycles. The molecule has 0 atom stereocenters. The average molecular weight is 455 g/mol. The SMILES string of the molecule is Cc1cc(C)cc(C(=O)N(Cc2ccccc2)c2c(N)n(Cc3ccccc3)c(=O)[nH]c2=O)c1. The van der Waals surface area contributed by atoms with E-state index in [4.69, 9.17) is 5.73 Å². The van der Waals surface area contributed by atoms with Crippen LogP contribution in [-0.4, -0.2) is 15.5 Å². The minimum absolute atomic E-state index is 0.0523. The van der Waals surface area contributed by atoms with Gasteiger partial charge in [0.05, 0.1) is 13.1 Å². The highest BCUT2D eigenvalue weighted by molar-refractivity contribution is 6.07. The highest BCUT2D eigenvalue weighted by Crippen LogP contribution is 2.23. The van der Waals surface area contributed by atoms with Crippen LogP contribution in [0.2, 0.25) is 0 Å². The smallest absolute Gasteiger partial charge is 0.330 e.